The number of nitrogens with zero attached hydrogens (tertiary/aromatic N) is 1. The van der Waals surface area contributed by atoms with E-state index in [1.807, 2.05) is 4.57 Å². The lowest BCUT2D eigenvalue weighted by molar-refractivity contribution is 0.283. The Morgan fingerprint density at radius 1 is 1.44 bits per heavy atom. The van der Waals surface area contributed by atoms with Gasteiger partial charge >= 0.3 is 0 Å². The lowest BCUT2D eigenvalue weighted by Crippen LogP contribution is -2.13. The molecular formula is C13H14ClFN2S. The zero-order chi connectivity index (χ0) is 12.7. The van der Waals surface area contributed by atoms with Gasteiger partial charge in [0, 0.05) is 12.6 Å². The van der Waals surface area contributed by atoms with Gasteiger partial charge in [-0.3, -0.25) is 0 Å². The smallest absolute Gasteiger partial charge is 0.178 e. The van der Waals surface area contributed by atoms with Gasteiger partial charge < -0.3 is 9.55 Å². The number of aryl methyl sites for hydroxylation is 1. The highest BCUT2D eigenvalue weighted by molar-refractivity contribution is 7.71. The average molecular weight is 285 g/mol. The first-order valence-electron chi connectivity index (χ1n) is 6.22. The number of aromatic nitrogens is 2. The van der Waals surface area contributed by atoms with Gasteiger partial charge in [-0.25, -0.2) is 4.39 Å². The molecule has 2 aromatic rings. The molecule has 1 fully saturated rings. The minimum atomic E-state index is -0.393. The second kappa shape index (κ2) is 4.67. The molecule has 18 heavy (non-hydrogen) atoms. The lowest BCUT2D eigenvalue weighted by atomic mass is 9.83. The van der Waals surface area contributed by atoms with E-state index in [4.69, 9.17) is 23.8 Å². The van der Waals surface area contributed by atoms with Gasteiger partial charge in [-0.05, 0) is 30.6 Å². The van der Waals surface area contributed by atoms with Gasteiger partial charge in [0.15, 0.2) is 4.77 Å². The quantitative estimate of drug-likeness (QED) is 0.812. The maximum Gasteiger partial charge on any atom is 0.178 e. The highest BCUT2D eigenvalue weighted by Gasteiger charge is 2.18. The molecule has 5 heteroatoms. The SMILES string of the molecule is Fc1cc2c(cc1Cl)[nH]c(=S)n2CCC1CCC1. The van der Waals surface area contributed by atoms with Crippen LogP contribution in [-0.4, -0.2) is 9.55 Å². The van der Waals surface area contributed by atoms with E-state index in [1.165, 1.54) is 25.3 Å². The average Bonchev–Trinajstić information content (AvgIpc) is 2.54. The lowest BCUT2D eigenvalue weighted by Gasteiger charge is -2.25. The Hall–Kier alpha value is -0.870. The number of hydrogen-bond acceptors (Lipinski definition) is 1. The Labute approximate surface area is 115 Å². The van der Waals surface area contributed by atoms with Crippen molar-refractivity contribution < 1.29 is 4.39 Å². The molecule has 1 aliphatic rings. The Kier molecular flexibility index (Phi) is 3.16. The maximum atomic E-state index is 13.5. The summed E-state index contributed by atoms with van der Waals surface area (Å²) in [6, 6.07) is 3.06. The minimum absolute atomic E-state index is 0.130. The summed E-state index contributed by atoms with van der Waals surface area (Å²) in [5.74, 6) is 0.421. The van der Waals surface area contributed by atoms with Crippen molar-refractivity contribution in [2.45, 2.75) is 32.2 Å². The second-order valence-electron chi connectivity index (χ2n) is 4.95. The normalized spacial score (nSPS) is 16.1. The van der Waals surface area contributed by atoms with Crippen molar-refractivity contribution in [1.82, 2.24) is 9.55 Å². The van der Waals surface area contributed by atoms with Gasteiger partial charge in [-0.15, -0.1) is 0 Å². The number of rotatable bonds is 3. The van der Waals surface area contributed by atoms with Crippen molar-refractivity contribution in [2.24, 2.45) is 5.92 Å². The van der Waals surface area contributed by atoms with E-state index in [0.717, 1.165) is 29.9 Å². The zero-order valence-electron chi connectivity index (χ0n) is 9.88. The Balaban J connectivity index is 1.96. The molecule has 96 valence electrons. The molecule has 0 unspecified atom stereocenters. The van der Waals surface area contributed by atoms with Crippen LogP contribution in [0.2, 0.25) is 5.02 Å². The summed E-state index contributed by atoms with van der Waals surface area (Å²) in [7, 11) is 0. The maximum absolute atomic E-state index is 13.5. The van der Waals surface area contributed by atoms with Crippen molar-refractivity contribution in [3.8, 4) is 0 Å². The number of nitrogens with one attached hydrogen (secondary N) is 1. The number of fused-ring (bicyclic) bond motifs is 1. The summed E-state index contributed by atoms with van der Waals surface area (Å²) in [6.45, 7) is 0.852. The first-order valence-corrected chi connectivity index (χ1v) is 7.01. The number of halogens is 2. The molecule has 1 aromatic carbocycles. The molecule has 1 heterocycles. The Morgan fingerprint density at radius 3 is 2.89 bits per heavy atom. The molecule has 1 N–H and O–H groups in total. The van der Waals surface area contributed by atoms with Crippen LogP contribution in [0, 0.1) is 16.5 Å². The van der Waals surface area contributed by atoms with E-state index in [9.17, 15) is 4.39 Å². The molecule has 0 atom stereocenters. The standard InChI is InChI=1S/C13H14ClFN2S/c14-9-6-11-12(7-10(9)15)17(13(18)16-11)5-4-8-2-1-3-8/h6-8H,1-5H2,(H,16,18). The van der Waals surface area contributed by atoms with Crippen LogP contribution in [-0.2, 0) is 6.54 Å². The fourth-order valence-electron chi connectivity index (χ4n) is 2.47. The molecular weight excluding hydrogens is 271 g/mol. The van der Waals surface area contributed by atoms with Crippen molar-refractivity contribution in [3.05, 3.63) is 27.7 Å². The summed E-state index contributed by atoms with van der Waals surface area (Å²) >= 11 is 11.1. The number of H-pyrrole nitrogens is 1. The van der Waals surface area contributed by atoms with E-state index in [0.29, 0.717) is 4.77 Å². The number of imidazole rings is 1. The summed E-state index contributed by atoms with van der Waals surface area (Å²) in [5.41, 5.74) is 1.61. The fraction of sp³-hybridized carbons (Fsp3) is 0.462. The first-order chi connectivity index (χ1) is 8.65. The van der Waals surface area contributed by atoms with Crippen LogP contribution in [0.25, 0.3) is 11.0 Å². The van der Waals surface area contributed by atoms with E-state index in [-0.39, 0.29) is 5.02 Å². The van der Waals surface area contributed by atoms with Crippen molar-refractivity contribution in [3.63, 3.8) is 0 Å². The van der Waals surface area contributed by atoms with Crippen LogP contribution in [0.15, 0.2) is 12.1 Å². The molecule has 0 saturated heterocycles. The molecule has 1 saturated carbocycles. The predicted octanol–water partition coefficient (Wildman–Crippen LogP) is 4.68. The summed E-state index contributed by atoms with van der Waals surface area (Å²) in [6.07, 6.45) is 5.09. The van der Waals surface area contributed by atoms with E-state index < -0.39 is 5.82 Å². The third-order valence-electron chi connectivity index (χ3n) is 3.80. The third kappa shape index (κ3) is 2.08. The number of benzene rings is 1. The largest absolute Gasteiger partial charge is 0.331 e. The monoisotopic (exact) mass is 284 g/mol. The van der Waals surface area contributed by atoms with Gasteiger partial charge in [0.2, 0.25) is 0 Å². The van der Waals surface area contributed by atoms with Crippen LogP contribution in [0.1, 0.15) is 25.7 Å². The van der Waals surface area contributed by atoms with Gasteiger partial charge in [-0.1, -0.05) is 30.9 Å². The molecule has 1 aliphatic carbocycles. The number of hydrogen-bond donors (Lipinski definition) is 1. The number of aromatic amines is 1. The Bertz CT molecular complexity index is 642. The van der Waals surface area contributed by atoms with Crippen LogP contribution in [0.5, 0.6) is 0 Å². The van der Waals surface area contributed by atoms with Gasteiger partial charge in [0.05, 0.1) is 16.1 Å². The van der Waals surface area contributed by atoms with E-state index in [1.54, 1.807) is 6.07 Å². The molecule has 0 bridgehead atoms. The molecule has 3 rings (SSSR count). The molecule has 1 aromatic heterocycles. The third-order valence-corrected chi connectivity index (χ3v) is 4.41. The fourth-order valence-corrected chi connectivity index (χ4v) is 2.93. The van der Waals surface area contributed by atoms with Crippen LogP contribution < -0.4 is 0 Å². The van der Waals surface area contributed by atoms with Crippen LogP contribution in [0.3, 0.4) is 0 Å². The van der Waals surface area contributed by atoms with Crippen LogP contribution in [0.4, 0.5) is 4.39 Å². The van der Waals surface area contributed by atoms with Crippen molar-refractivity contribution in [1.29, 1.82) is 0 Å². The summed E-state index contributed by atoms with van der Waals surface area (Å²) in [5, 5.41) is 0.130. The Morgan fingerprint density at radius 2 is 2.22 bits per heavy atom. The summed E-state index contributed by atoms with van der Waals surface area (Å²) in [4.78, 5) is 3.08. The topological polar surface area (TPSA) is 20.7 Å². The highest BCUT2D eigenvalue weighted by atomic mass is 35.5. The first kappa shape index (κ1) is 12.2. The van der Waals surface area contributed by atoms with Crippen molar-refractivity contribution >= 4 is 34.9 Å². The second-order valence-corrected chi connectivity index (χ2v) is 5.74. The molecule has 0 aliphatic heterocycles. The molecule has 0 radical (unpaired) electrons. The van der Waals surface area contributed by atoms with Gasteiger partial charge in [0.1, 0.15) is 5.82 Å². The van der Waals surface area contributed by atoms with E-state index in [2.05, 4.69) is 4.98 Å². The van der Waals surface area contributed by atoms with E-state index >= 15 is 0 Å². The molecule has 2 nitrogen and oxygen atoms in total. The van der Waals surface area contributed by atoms with Crippen LogP contribution >= 0.6 is 23.8 Å². The summed E-state index contributed by atoms with van der Waals surface area (Å²) < 4.78 is 16.1. The van der Waals surface area contributed by atoms with Gasteiger partial charge in [0.25, 0.3) is 0 Å². The minimum Gasteiger partial charge on any atom is -0.331 e. The predicted molar refractivity (Wildman–Crippen MR) is 74.0 cm³/mol. The molecule has 0 spiro atoms. The van der Waals surface area contributed by atoms with Crippen molar-refractivity contribution in [2.75, 3.05) is 0 Å². The molecule has 0 amide bonds. The zero-order valence-corrected chi connectivity index (χ0v) is 11.5. The van der Waals surface area contributed by atoms with Gasteiger partial charge in [-0.2, -0.15) is 0 Å². The highest BCUT2D eigenvalue weighted by Crippen LogP contribution is 2.30.